The molecule has 0 radical (unpaired) electrons. The van der Waals surface area contributed by atoms with E-state index >= 15 is 0 Å². The smallest absolute Gasteiger partial charge is 0.406 e. The normalized spacial score (nSPS) is 13.0. The summed E-state index contributed by atoms with van der Waals surface area (Å²) in [4.78, 5) is 16.8. The minimum atomic E-state index is -4.85. The van der Waals surface area contributed by atoms with Crippen molar-refractivity contribution in [1.29, 1.82) is 0 Å². The molecule has 1 N–H and O–H groups in total. The number of anilines is 1. The van der Waals surface area contributed by atoms with Crippen LogP contribution in [-0.4, -0.2) is 21.7 Å². The molecule has 0 bridgehead atoms. The van der Waals surface area contributed by atoms with Crippen LogP contribution >= 0.6 is 0 Å². The van der Waals surface area contributed by atoms with Crippen molar-refractivity contribution in [2.45, 2.75) is 27.1 Å². The number of fused-ring (bicyclic) bond motifs is 1. The molecule has 2 aromatic heterocycles. The zero-order chi connectivity index (χ0) is 21.3. The number of halogens is 4. The van der Waals surface area contributed by atoms with E-state index in [1.165, 1.54) is 28.7 Å². The van der Waals surface area contributed by atoms with Crippen molar-refractivity contribution < 1.29 is 27.1 Å². The summed E-state index contributed by atoms with van der Waals surface area (Å²) >= 11 is 0. The third-order valence-corrected chi connectivity index (χ3v) is 4.58. The van der Waals surface area contributed by atoms with Crippen molar-refractivity contribution in [2.75, 3.05) is 5.32 Å². The van der Waals surface area contributed by atoms with Crippen LogP contribution in [0, 0.1) is 17.7 Å². The number of amides is 1. The first-order chi connectivity index (χ1) is 13.5. The first-order valence-electron chi connectivity index (χ1n) is 8.90. The lowest BCUT2D eigenvalue weighted by molar-refractivity contribution is -0.274. The number of carbonyl (C=O) groups is 1. The molecule has 3 aromatic rings. The van der Waals surface area contributed by atoms with Gasteiger partial charge in [-0.15, -0.1) is 13.2 Å². The van der Waals surface area contributed by atoms with Gasteiger partial charge >= 0.3 is 6.36 Å². The molecule has 0 saturated carbocycles. The topological polar surface area (TPSA) is 55.6 Å². The highest BCUT2D eigenvalue weighted by Crippen LogP contribution is 2.33. The van der Waals surface area contributed by atoms with Gasteiger partial charge in [0, 0.05) is 17.7 Å². The number of nitrogens with zero attached hydrogens (tertiary/aromatic N) is 2. The number of alkyl halides is 3. The van der Waals surface area contributed by atoms with Crippen molar-refractivity contribution in [3.05, 3.63) is 48.4 Å². The van der Waals surface area contributed by atoms with E-state index < -0.39 is 17.9 Å². The maximum Gasteiger partial charge on any atom is 0.573 e. The minimum absolute atomic E-state index is 0.0661. The van der Waals surface area contributed by atoms with E-state index in [9.17, 15) is 22.4 Å². The molecule has 1 atom stereocenters. The second-order valence-electron chi connectivity index (χ2n) is 6.98. The molecule has 0 saturated heterocycles. The van der Waals surface area contributed by atoms with Gasteiger partial charge in [0.05, 0.1) is 5.69 Å². The summed E-state index contributed by atoms with van der Waals surface area (Å²) in [5, 5.41) is 2.71. The highest BCUT2D eigenvalue weighted by molar-refractivity contribution is 5.95. The molecule has 2 heterocycles. The van der Waals surface area contributed by atoms with Crippen LogP contribution in [0.5, 0.6) is 5.75 Å². The van der Waals surface area contributed by atoms with E-state index in [-0.39, 0.29) is 34.8 Å². The van der Waals surface area contributed by atoms with Crippen LogP contribution in [0.25, 0.3) is 16.9 Å². The van der Waals surface area contributed by atoms with E-state index in [4.69, 9.17) is 0 Å². The number of ether oxygens (including phenoxy) is 1. The van der Waals surface area contributed by atoms with Gasteiger partial charge in [0.25, 0.3) is 0 Å². The second kappa shape index (κ2) is 7.73. The number of carbonyl (C=O) groups excluding carboxylic acids is 1. The molecular formula is C20H19F4N3O2. The van der Waals surface area contributed by atoms with Gasteiger partial charge < -0.3 is 10.1 Å². The lowest BCUT2D eigenvalue weighted by atomic mass is 9.97. The molecule has 1 unspecified atom stereocenters. The van der Waals surface area contributed by atoms with Crippen LogP contribution in [0.15, 0.2) is 42.6 Å². The summed E-state index contributed by atoms with van der Waals surface area (Å²) in [6, 6.07) is 7.83. The Morgan fingerprint density at radius 1 is 1.17 bits per heavy atom. The Kier molecular flexibility index (Phi) is 5.50. The number of imidazole rings is 1. The van der Waals surface area contributed by atoms with Crippen molar-refractivity contribution in [3.8, 4) is 17.0 Å². The zero-order valence-electron chi connectivity index (χ0n) is 15.9. The maximum atomic E-state index is 13.8. The molecular weight excluding hydrogens is 390 g/mol. The summed E-state index contributed by atoms with van der Waals surface area (Å²) in [6.07, 6.45) is -3.70. The van der Waals surface area contributed by atoms with Gasteiger partial charge in [-0.05, 0) is 30.2 Å². The van der Waals surface area contributed by atoms with Crippen molar-refractivity contribution in [3.63, 3.8) is 0 Å². The van der Waals surface area contributed by atoms with Crippen LogP contribution in [0.3, 0.4) is 0 Å². The molecule has 1 amide bonds. The van der Waals surface area contributed by atoms with Gasteiger partial charge in [-0.2, -0.15) is 0 Å². The molecule has 0 fully saturated rings. The zero-order valence-corrected chi connectivity index (χ0v) is 15.9. The first kappa shape index (κ1) is 20.6. The predicted octanol–water partition coefficient (Wildman–Crippen LogP) is 5.27. The number of nitrogens with one attached hydrogen (secondary N) is 1. The van der Waals surface area contributed by atoms with Crippen LogP contribution in [0.4, 0.5) is 23.4 Å². The third kappa shape index (κ3) is 4.67. The molecule has 9 heteroatoms. The maximum absolute atomic E-state index is 13.8. The lowest BCUT2D eigenvalue weighted by Crippen LogP contribution is -2.24. The molecule has 3 rings (SSSR count). The Morgan fingerprint density at radius 3 is 2.55 bits per heavy atom. The van der Waals surface area contributed by atoms with E-state index in [1.54, 1.807) is 6.92 Å². The van der Waals surface area contributed by atoms with E-state index in [0.717, 1.165) is 18.3 Å². The number of hydrogen-bond donors (Lipinski definition) is 1. The molecule has 5 nitrogen and oxygen atoms in total. The average Bonchev–Trinajstić information content (AvgIpc) is 2.96. The molecule has 154 valence electrons. The largest absolute Gasteiger partial charge is 0.573 e. The molecule has 0 spiro atoms. The Balaban J connectivity index is 2.11. The fourth-order valence-corrected chi connectivity index (χ4v) is 2.76. The number of pyridine rings is 1. The Labute approximate surface area is 164 Å². The minimum Gasteiger partial charge on any atom is -0.406 e. The van der Waals surface area contributed by atoms with Gasteiger partial charge in [-0.1, -0.05) is 32.9 Å². The summed E-state index contributed by atoms with van der Waals surface area (Å²) < 4.78 is 57.0. The number of hydrogen-bond acceptors (Lipinski definition) is 3. The second-order valence-corrected chi connectivity index (χ2v) is 6.98. The Hall–Kier alpha value is -3.10. The van der Waals surface area contributed by atoms with Gasteiger partial charge in [-0.25, -0.2) is 9.37 Å². The van der Waals surface area contributed by atoms with Crippen molar-refractivity contribution >= 4 is 17.4 Å². The Morgan fingerprint density at radius 2 is 1.90 bits per heavy atom. The van der Waals surface area contributed by atoms with Crippen LogP contribution < -0.4 is 10.1 Å². The lowest BCUT2D eigenvalue weighted by Gasteiger charge is -2.15. The van der Waals surface area contributed by atoms with Crippen LogP contribution in [0.2, 0.25) is 0 Å². The van der Waals surface area contributed by atoms with Gasteiger partial charge in [0.1, 0.15) is 17.2 Å². The first-order valence-corrected chi connectivity index (χ1v) is 8.90. The molecule has 0 aliphatic heterocycles. The quantitative estimate of drug-likeness (QED) is 0.584. The fraction of sp³-hybridized carbons (Fsp3) is 0.300. The highest BCUT2D eigenvalue weighted by atomic mass is 19.4. The predicted molar refractivity (Wildman–Crippen MR) is 99.9 cm³/mol. The number of benzene rings is 1. The summed E-state index contributed by atoms with van der Waals surface area (Å²) in [5.41, 5.74) is 0.852. The van der Waals surface area contributed by atoms with E-state index in [1.807, 2.05) is 13.8 Å². The fourth-order valence-electron chi connectivity index (χ4n) is 2.76. The molecule has 29 heavy (non-hydrogen) atoms. The van der Waals surface area contributed by atoms with Crippen LogP contribution in [0.1, 0.15) is 20.8 Å². The summed E-state index contributed by atoms with van der Waals surface area (Å²) in [7, 11) is 0. The third-order valence-electron chi connectivity index (χ3n) is 4.58. The standard InChI is InChI=1S/C20H19F4N3O2/c1-11(2)12(3)19(28)26-18-17(27-10-14(21)7-8-16(27)25-18)13-5-4-6-15(9-13)29-20(22,23)24/h4-12H,1-3H3,(H,26,28). The molecule has 0 aliphatic carbocycles. The van der Waals surface area contributed by atoms with E-state index in [2.05, 4.69) is 15.0 Å². The number of aromatic nitrogens is 2. The van der Waals surface area contributed by atoms with Gasteiger partial charge in [0.2, 0.25) is 5.91 Å². The monoisotopic (exact) mass is 409 g/mol. The van der Waals surface area contributed by atoms with Crippen molar-refractivity contribution in [1.82, 2.24) is 9.38 Å². The SMILES string of the molecule is CC(C)C(C)C(=O)Nc1nc2ccc(F)cn2c1-c1cccc(OC(F)(F)F)c1. The average molecular weight is 409 g/mol. The molecule has 0 aliphatic rings. The molecule has 1 aromatic carbocycles. The van der Waals surface area contributed by atoms with Crippen molar-refractivity contribution in [2.24, 2.45) is 11.8 Å². The van der Waals surface area contributed by atoms with Gasteiger partial charge in [-0.3, -0.25) is 9.20 Å². The Bertz CT molecular complexity index is 1040. The summed E-state index contributed by atoms with van der Waals surface area (Å²) in [5.74, 6) is -1.44. The van der Waals surface area contributed by atoms with Crippen LogP contribution in [-0.2, 0) is 4.79 Å². The highest BCUT2D eigenvalue weighted by Gasteiger charge is 2.31. The number of rotatable bonds is 5. The summed E-state index contributed by atoms with van der Waals surface area (Å²) in [6.45, 7) is 5.54. The van der Waals surface area contributed by atoms with Gasteiger partial charge in [0.15, 0.2) is 5.82 Å². The van der Waals surface area contributed by atoms with E-state index in [0.29, 0.717) is 5.65 Å².